The Morgan fingerprint density at radius 1 is 0.947 bits per heavy atom. The van der Waals surface area contributed by atoms with E-state index in [1.165, 1.54) is 0 Å². The Morgan fingerprint density at radius 2 is 1.63 bits per heavy atom. The molecule has 0 spiro atoms. The molecule has 0 radical (unpaired) electrons. The van der Waals surface area contributed by atoms with Crippen LogP contribution in [0.3, 0.4) is 0 Å². The van der Waals surface area contributed by atoms with Crippen molar-refractivity contribution in [3.63, 3.8) is 0 Å². The largest absolute Gasteiger partial charge is 0.354 e. The van der Waals surface area contributed by atoms with E-state index in [9.17, 15) is 0 Å². The molecule has 0 saturated heterocycles. The Kier molecular flexibility index (Phi) is 7.34. The lowest BCUT2D eigenvalue weighted by molar-refractivity contribution is 0.300. The Balaban J connectivity index is 2.60. The number of hydrogen-bond donors (Lipinski definition) is 0. The van der Waals surface area contributed by atoms with Gasteiger partial charge in [-0.1, -0.05) is 25.4 Å². The molecule has 0 saturated carbocycles. The first-order valence-electron chi connectivity index (χ1n) is 6.65. The van der Waals surface area contributed by atoms with Crippen molar-refractivity contribution in [2.24, 2.45) is 0 Å². The van der Waals surface area contributed by atoms with Gasteiger partial charge in [-0.05, 0) is 44.6 Å². The van der Waals surface area contributed by atoms with Crippen LogP contribution in [0.5, 0.6) is 0 Å². The monoisotopic (exact) mass is 305 g/mol. The van der Waals surface area contributed by atoms with Gasteiger partial charge in [-0.2, -0.15) is 4.98 Å². The van der Waals surface area contributed by atoms with Crippen molar-refractivity contribution in [1.82, 2.24) is 20.1 Å². The molecule has 7 heteroatoms. The van der Waals surface area contributed by atoms with Gasteiger partial charge in [0.05, 0.1) is 0 Å². The van der Waals surface area contributed by atoms with Crippen molar-refractivity contribution in [2.75, 3.05) is 37.6 Å². The smallest absolute Gasteiger partial charge is 0.245 e. The van der Waals surface area contributed by atoms with E-state index in [1.54, 1.807) is 0 Å². The van der Waals surface area contributed by atoms with Crippen LogP contribution in [0.25, 0.3) is 0 Å². The van der Waals surface area contributed by atoms with Crippen LogP contribution in [0.15, 0.2) is 0 Å². The third-order valence-electron chi connectivity index (χ3n) is 3.08. The lowest BCUT2D eigenvalue weighted by atomic mass is 10.3. The fraction of sp³-hybridized carbons (Fsp3) is 0.750. The maximum absolute atomic E-state index is 6.02. The van der Waals surface area contributed by atoms with Gasteiger partial charge in [0, 0.05) is 13.1 Å². The lowest BCUT2D eigenvalue weighted by Gasteiger charge is -2.24. The topological polar surface area (TPSA) is 45.2 Å². The fourth-order valence-electron chi connectivity index (χ4n) is 1.93. The maximum atomic E-state index is 6.02. The molecule has 1 aromatic heterocycles. The molecule has 0 N–H and O–H groups in total. The average molecular weight is 306 g/mol. The third kappa shape index (κ3) is 5.09. The predicted octanol–water partition coefficient (Wildman–Crippen LogP) is 2.74. The normalized spacial score (nSPS) is 11.1. The van der Waals surface area contributed by atoms with Gasteiger partial charge in [0.25, 0.3) is 0 Å². The molecule has 0 aliphatic carbocycles. The lowest BCUT2D eigenvalue weighted by Crippen LogP contribution is -2.30. The summed E-state index contributed by atoms with van der Waals surface area (Å²) in [6.45, 7) is 11.3. The van der Waals surface area contributed by atoms with E-state index < -0.39 is 0 Å². The highest BCUT2D eigenvalue weighted by Gasteiger charge is 2.13. The molecule has 0 amide bonds. The summed E-state index contributed by atoms with van der Waals surface area (Å²) in [6, 6.07) is 0. The number of aromatic nitrogens is 3. The van der Waals surface area contributed by atoms with Gasteiger partial charge in [0.2, 0.25) is 5.28 Å². The zero-order valence-electron chi connectivity index (χ0n) is 11.7. The summed E-state index contributed by atoms with van der Waals surface area (Å²) in [5.74, 6) is 0.615. The molecule has 19 heavy (non-hydrogen) atoms. The van der Waals surface area contributed by atoms with Crippen molar-refractivity contribution >= 4 is 29.0 Å². The predicted molar refractivity (Wildman–Crippen MR) is 80.1 cm³/mol. The van der Waals surface area contributed by atoms with Crippen LogP contribution in [0, 0.1) is 0 Å². The molecule has 1 heterocycles. The molecule has 0 aromatic carbocycles. The van der Waals surface area contributed by atoms with Crippen LogP contribution in [-0.2, 0) is 0 Å². The minimum atomic E-state index is 0.126. The van der Waals surface area contributed by atoms with E-state index >= 15 is 0 Å². The minimum absolute atomic E-state index is 0.126. The van der Waals surface area contributed by atoms with Gasteiger partial charge in [0.1, 0.15) is 0 Å². The summed E-state index contributed by atoms with van der Waals surface area (Å²) in [5.41, 5.74) is 0. The van der Waals surface area contributed by atoms with E-state index in [2.05, 4.69) is 45.8 Å². The van der Waals surface area contributed by atoms with E-state index in [1.807, 2.05) is 0 Å². The number of rotatable bonds is 8. The molecule has 0 aliphatic rings. The van der Waals surface area contributed by atoms with Crippen LogP contribution in [-0.4, -0.2) is 52.8 Å². The summed E-state index contributed by atoms with van der Waals surface area (Å²) in [5, 5.41) is 7.85. The van der Waals surface area contributed by atoms with Gasteiger partial charge in [-0.15, -0.1) is 10.2 Å². The molecule has 0 fully saturated rings. The van der Waals surface area contributed by atoms with Gasteiger partial charge < -0.3 is 9.80 Å². The Hall–Kier alpha value is -0.650. The van der Waals surface area contributed by atoms with Crippen LogP contribution in [0.1, 0.15) is 27.2 Å². The molecule has 1 aromatic rings. The first-order valence-corrected chi connectivity index (χ1v) is 7.40. The molecule has 1 rings (SSSR count). The van der Waals surface area contributed by atoms with Gasteiger partial charge in [0.15, 0.2) is 11.0 Å². The van der Waals surface area contributed by atoms with Crippen molar-refractivity contribution in [3.8, 4) is 0 Å². The molecule has 108 valence electrons. The Morgan fingerprint density at radius 3 is 2.21 bits per heavy atom. The number of hydrogen-bond acceptors (Lipinski definition) is 5. The van der Waals surface area contributed by atoms with E-state index in [0.717, 1.165) is 39.1 Å². The van der Waals surface area contributed by atoms with Crippen LogP contribution in [0.2, 0.25) is 10.4 Å². The number of nitrogens with zero attached hydrogens (tertiary/aromatic N) is 5. The zero-order valence-corrected chi connectivity index (χ0v) is 13.2. The first-order chi connectivity index (χ1) is 9.12. The van der Waals surface area contributed by atoms with Crippen molar-refractivity contribution in [2.45, 2.75) is 27.2 Å². The minimum Gasteiger partial charge on any atom is -0.354 e. The second kappa shape index (κ2) is 8.51. The summed E-state index contributed by atoms with van der Waals surface area (Å²) in [7, 11) is 0. The number of halogens is 2. The standard InChI is InChI=1S/C12H21Cl2N5/c1-4-18(5-2)8-7-9-19(6-3)11-10(13)16-17-12(14)15-11/h4-9H2,1-3H3. The van der Waals surface area contributed by atoms with E-state index in [-0.39, 0.29) is 5.28 Å². The molecule has 0 bridgehead atoms. The van der Waals surface area contributed by atoms with Gasteiger partial charge in [-0.25, -0.2) is 0 Å². The molecule has 0 unspecified atom stereocenters. The van der Waals surface area contributed by atoms with Crippen LogP contribution >= 0.6 is 23.2 Å². The quantitative estimate of drug-likeness (QED) is 0.739. The van der Waals surface area contributed by atoms with Crippen LogP contribution < -0.4 is 4.90 Å². The third-order valence-corrected chi connectivity index (χ3v) is 3.49. The van der Waals surface area contributed by atoms with Crippen molar-refractivity contribution in [1.29, 1.82) is 0 Å². The SMILES string of the molecule is CCN(CC)CCCN(CC)c1nc(Cl)nnc1Cl. The summed E-state index contributed by atoms with van der Waals surface area (Å²) >= 11 is 11.8. The zero-order chi connectivity index (χ0) is 14.3. The first kappa shape index (κ1) is 16.4. The molecular formula is C12H21Cl2N5. The number of anilines is 1. The Bertz CT molecular complexity index is 384. The van der Waals surface area contributed by atoms with E-state index in [0.29, 0.717) is 11.0 Å². The summed E-state index contributed by atoms with van der Waals surface area (Å²) < 4.78 is 0. The second-order valence-corrected chi connectivity index (χ2v) is 4.85. The molecule has 0 atom stereocenters. The second-order valence-electron chi connectivity index (χ2n) is 4.16. The van der Waals surface area contributed by atoms with Crippen molar-refractivity contribution < 1.29 is 0 Å². The molecule has 0 aliphatic heterocycles. The maximum Gasteiger partial charge on any atom is 0.245 e. The summed E-state index contributed by atoms with van der Waals surface area (Å²) in [6.07, 6.45) is 1.05. The fourth-order valence-corrected chi connectivity index (χ4v) is 2.24. The highest BCUT2D eigenvalue weighted by atomic mass is 35.5. The molecule has 5 nitrogen and oxygen atoms in total. The Labute approximate surface area is 124 Å². The van der Waals surface area contributed by atoms with Crippen molar-refractivity contribution in [3.05, 3.63) is 10.4 Å². The molecular weight excluding hydrogens is 285 g/mol. The van der Waals surface area contributed by atoms with E-state index in [4.69, 9.17) is 23.2 Å². The van der Waals surface area contributed by atoms with Gasteiger partial charge >= 0.3 is 0 Å². The van der Waals surface area contributed by atoms with Gasteiger partial charge in [-0.3, -0.25) is 0 Å². The highest BCUT2D eigenvalue weighted by molar-refractivity contribution is 6.32. The average Bonchev–Trinajstić information content (AvgIpc) is 2.42. The summed E-state index contributed by atoms with van der Waals surface area (Å²) in [4.78, 5) is 8.62. The van der Waals surface area contributed by atoms with Crippen LogP contribution in [0.4, 0.5) is 5.82 Å². The highest BCUT2D eigenvalue weighted by Crippen LogP contribution is 2.21.